The van der Waals surface area contributed by atoms with Crippen LogP contribution < -0.4 is 5.43 Å². The lowest BCUT2D eigenvalue weighted by molar-refractivity contribution is 0.0747. The molecular formula is C8H14N2. The van der Waals surface area contributed by atoms with Crippen molar-refractivity contribution in [1.82, 2.24) is 10.4 Å². The van der Waals surface area contributed by atoms with Gasteiger partial charge in [-0.2, -0.15) is 0 Å². The van der Waals surface area contributed by atoms with Crippen molar-refractivity contribution in [1.29, 1.82) is 0 Å². The van der Waals surface area contributed by atoms with Gasteiger partial charge < -0.3 is 0 Å². The number of fused-ring (bicyclic) bond motifs is 2. The van der Waals surface area contributed by atoms with Gasteiger partial charge in [0.05, 0.1) is 11.1 Å². The molecule has 3 aliphatic heterocycles. The Morgan fingerprint density at radius 3 is 2.30 bits per heavy atom. The van der Waals surface area contributed by atoms with Gasteiger partial charge in [0.25, 0.3) is 0 Å². The number of hydrazine groups is 1. The van der Waals surface area contributed by atoms with Crippen molar-refractivity contribution in [2.24, 2.45) is 11.8 Å². The summed E-state index contributed by atoms with van der Waals surface area (Å²) < 4.78 is 0. The lowest BCUT2D eigenvalue weighted by Crippen LogP contribution is -2.50. The molecule has 3 atom stereocenters. The van der Waals surface area contributed by atoms with E-state index in [0.29, 0.717) is 11.1 Å². The molecule has 1 N–H and O–H groups in total. The van der Waals surface area contributed by atoms with E-state index in [2.05, 4.69) is 31.2 Å². The summed E-state index contributed by atoms with van der Waals surface area (Å²) in [6.07, 6.45) is 0. The van der Waals surface area contributed by atoms with Crippen LogP contribution in [0.15, 0.2) is 0 Å². The third-order valence-electron chi connectivity index (χ3n) is 4.17. The molecule has 0 aromatic carbocycles. The van der Waals surface area contributed by atoms with Crippen LogP contribution in [-0.2, 0) is 0 Å². The first kappa shape index (κ1) is 5.56. The number of hydrogen-bond donors (Lipinski definition) is 1. The summed E-state index contributed by atoms with van der Waals surface area (Å²) in [5.41, 5.74) is 4.57. The van der Waals surface area contributed by atoms with E-state index in [-0.39, 0.29) is 0 Å². The van der Waals surface area contributed by atoms with Gasteiger partial charge in [-0.1, -0.05) is 6.92 Å². The monoisotopic (exact) mass is 138 g/mol. The average molecular weight is 138 g/mol. The van der Waals surface area contributed by atoms with E-state index in [0.717, 1.165) is 11.8 Å². The van der Waals surface area contributed by atoms with Crippen LogP contribution in [0.3, 0.4) is 0 Å². The van der Waals surface area contributed by atoms with E-state index < -0.39 is 0 Å². The van der Waals surface area contributed by atoms with Crippen molar-refractivity contribution in [2.45, 2.75) is 31.8 Å². The Morgan fingerprint density at radius 1 is 1.40 bits per heavy atom. The Balaban J connectivity index is 1.99. The third-order valence-corrected chi connectivity index (χ3v) is 4.17. The molecule has 0 spiro atoms. The molecular weight excluding hydrogens is 124 g/mol. The lowest BCUT2D eigenvalue weighted by Gasteiger charge is -2.34. The first-order valence-electron chi connectivity index (χ1n) is 4.17. The van der Waals surface area contributed by atoms with Crippen LogP contribution in [0, 0.1) is 11.8 Å². The van der Waals surface area contributed by atoms with Gasteiger partial charge in [0.2, 0.25) is 0 Å². The quantitative estimate of drug-likeness (QED) is 0.493. The lowest BCUT2D eigenvalue weighted by atomic mass is 9.96. The van der Waals surface area contributed by atoms with E-state index in [4.69, 9.17) is 0 Å². The summed E-state index contributed by atoms with van der Waals surface area (Å²) in [6, 6.07) is 0. The summed E-state index contributed by atoms with van der Waals surface area (Å²) in [5.74, 6) is 1.88. The first-order valence-corrected chi connectivity index (χ1v) is 4.17. The van der Waals surface area contributed by atoms with Gasteiger partial charge >= 0.3 is 0 Å². The van der Waals surface area contributed by atoms with Crippen molar-refractivity contribution in [2.75, 3.05) is 6.54 Å². The highest BCUT2D eigenvalue weighted by Crippen LogP contribution is 2.80. The predicted octanol–water partition coefficient (Wildman–Crippen LogP) is 0.604. The van der Waals surface area contributed by atoms with Gasteiger partial charge in [0.1, 0.15) is 0 Å². The Morgan fingerprint density at radius 2 is 2.00 bits per heavy atom. The fourth-order valence-electron chi connectivity index (χ4n) is 3.46. The second kappa shape index (κ2) is 1.07. The largest absolute Gasteiger partial charge is 0.254 e. The molecule has 2 heteroatoms. The SMILES string of the molecule is CC1CNN2C3(C)C1C23C. The zero-order valence-corrected chi connectivity index (χ0v) is 6.81. The van der Waals surface area contributed by atoms with Gasteiger partial charge in [0, 0.05) is 12.5 Å². The van der Waals surface area contributed by atoms with Crippen LogP contribution in [0.1, 0.15) is 20.8 Å². The molecule has 56 valence electrons. The molecule has 10 heavy (non-hydrogen) atoms. The zero-order chi connectivity index (χ0) is 7.15. The molecule has 1 aliphatic carbocycles. The maximum atomic E-state index is 3.45. The summed E-state index contributed by atoms with van der Waals surface area (Å²) >= 11 is 0. The van der Waals surface area contributed by atoms with Crippen molar-refractivity contribution in [3.63, 3.8) is 0 Å². The minimum Gasteiger partial charge on any atom is -0.254 e. The molecule has 4 rings (SSSR count). The second-order valence-electron chi connectivity index (χ2n) is 4.45. The second-order valence-corrected chi connectivity index (χ2v) is 4.45. The van der Waals surface area contributed by atoms with Gasteiger partial charge in [-0.15, -0.1) is 0 Å². The molecule has 0 radical (unpaired) electrons. The summed E-state index contributed by atoms with van der Waals surface area (Å²) in [6.45, 7) is 8.30. The highest BCUT2D eigenvalue weighted by Gasteiger charge is 2.94. The van der Waals surface area contributed by atoms with E-state index in [9.17, 15) is 0 Å². The molecule has 4 fully saturated rings. The Kier molecular flexibility index (Phi) is 0.592. The number of rotatable bonds is 0. The standard InChI is InChI=1S/C8H14N2/c1-5-4-9-10-7(2)6(5)8(7,10)3/h5-6,9H,4H2,1-3H3. The predicted molar refractivity (Wildman–Crippen MR) is 39.3 cm³/mol. The van der Waals surface area contributed by atoms with E-state index >= 15 is 0 Å². The van der Waals surface area contributed by atoms with Crippen LogP contribution in [0.4, 0.5) is 0 Å². The van der Waals surface area contributed by atoms with Crippen LogP contribution in [-0.4, -0.2) is 22.6 Å². The molecule has 2 bridgehead atoms. The fraction of sp³-hybridized carbons (Fsp3) is 1.00. The Labute approximate surface area is 61.6 Å². The fourth-order valence-corrected chi connectivity index (χ4v) is 3.46. The van der Waals surface area contributed by atoms with E-state index in [1.165, 1.54) is 6.54 Å². The maximum absolute atomic E-state index is 3.45. The highest BCUT2D eigenvalue weighted by molar-refractivity contribution is 5.48. The number of nitrogens with one attached hydrogen (secondary N) is 1. The van der Waals surface area contributed by atoms with Crippen LogP contribution in [0.2, 0.25) is 0 Å². The maximum Gasteiger partial charge on any atom is 0.0581 e. The number of nitrogens with zero attached hydrogens (tertiary/aromatic N) is 1. The van der Waals surface area contributed by atoms with Crippen LogP contribution in [0.25, 0.3) is 0 Å². The normalized spacial score (nSPS) is 76.5. The smallest absolute Gasteiger partial charge is 0.0581 e. The summed E-state index contributed by atoms with van der Waals surface area (Å²) in [5, 5.41) is 2.42. The Bertz CT molecular complexity index is 199. The Hall–Kier alpha value is -0.0800. The molecule has 4 aliphatic rings. The minimum absolute atomic E-state index is 0.560. The molecule has 3 heterocycles. The summed E-state index contributed by atoms with van der Waals surface area (Å²) in [7, 11) is 0. The number of hydrogen-bond acceptors (Lipinski definition) is 2. The third kappa shape index (κ3) is 0.264. The van der Waals surface area contributed by atoms with E-state index in [1.807, 2.05) is 0 Å². The minimum atomic E-state index is 0.560. The molecule has 0 aromatic heterocycles. The van der Waals surface area contributed by atoms with Gasteiger partial charge in [-0.3, -0.25) is 5.43 Å². The molecule has 3 unspecified atom stereocenters. The topological polar surface area (TPSA) is 15.0 Å². The van der Waals surface area contributed by atoms with Crippen LogP contribution >= 0.6 is 0 Å². The van der Waals surface area contributed by atoms with Crippen molar-refractivity contribution >= 4 is 0 Å². The van der Waals surface area contributed by atoms with Crippen molar-refractivity contribution in [3.05, 3.63) is 0 Å². The molecule has 1 saturated carbocycles. The van der Waals surface area contributed by atoms with E-state index in [1.54, 1.807) is 0 Å². The van der Waals surface area contributed by atoms with Crippen molar-refractivity contribution < 1.29 is 0 Å². The van der Waals surface area contributed by atoms with Gasteiger partial charge in [-0.05, 0) is 19.8 Å². The van der Waals surface area contributed by atoms with Crippen molar-refractivity contribution in [3.8, 4) is 0 Å². The van der Waals surface area contributed by atoms with Gasteiger partial charge in [-0.25, -0.2) is 5.01 Å². The zero-order valence-electron chi connectivity index (χ0n) is 6.81. The molecule has 0 amide bonds. The molecule has 0 aromatic rings. The highest BCUT2D eigenvalue weighted by atomic mass is 15.8. The molecule has 3 saturated heterocycles. The van der Waals surface area contributed by atoms with Crippen LogP contribution in [0.5, 0.6) is 0 Å². The average Bonchev–Trinajstić information content (AvgIpc) is 2.51. The van der Waals surface area contributed by atoms with Gasteiger partial charge in [0.15, 0.2) is 0 Å². The summed E-state index contributed by atoms with van der Waals surface area (Å²) in [4.78, 5) is 0. The molecule has 2 nitrogen and oxygen atoms in total. The first-order chi connectivity index (χ1) is 4.63.